The third kappa shape index (κ3) is 4.49. The Kier molecular flexibility index (Phi) is 6.28. The van der Waals surface area contributed by atoms with Crippen molar-refractivity contribution in [2.45, 2.75) is 31.3 Å². The smallest absolute Gasteiger partial charge is 0.312 e. The molecule has 11 heteroatoms. The summed E-state index contributed by atoms with van der Waals surface area (Å²) in [6.45, 7) is 5.17. The molecular weight excluding hydrogens is 406 g/mol. The van der Waals surface area contributed by atoms with Crippen molar-refractivity contribution in [3.05, 3.63) is 44.4 Å². The van der Waals surface area contributed by atoms with E-state index in [9.17, 15) is 18.5 Å². The highest BCUT2D eigenvalue weighted by atomic mass is 32.2. The lowest BCUT2D eigenvalue weighted by Gasteiger charge is -2.26. The Balaban J connectivity index is 1.81. The van der Waals surface area contributed by atoms with Crippen LogP contribution in [0.1, 0.15) is 30.5 Å². The molecule has 1 aliphatic rings. The molecule has 1 saturated heterocycles. The highest BCUT2D eigenvalue weighted by Crippen LogP contribution is 2.32. The molecule has 28 heavy (non-hydrogen) atoms. The van der Waals surface area contributed by atoms with Gasteiger partial charge in [-0.05, 0) is 12.1 Å². The predicted octanol–water partition coefficient (Wildman–Crippen LogP) is 2.77. The van der Waals surface area contributed by atoms with Gasteiger partial charge in [-0.1, -0.05) is 13.8 Å². The Morgan fingerprint density at radius 3 is 2.68 bits per heavy atom. The van der Waals surface area contributed by atoms with Gasteiger partial charge in [0.25, 0.3) is 0 Å². The van der Waals surface area contributed by atoms with Gasteiger partial charge in [0.15, 0.2) is 5.75 Å². The Labute approximate surface area is 167 Å². The van der Waals surface area contributed by atoms with Crippen molar-refractivity contribution in [3.8, 4) is 5.75 Å². The fourth-order valence-electron chi connectivity index (χ4n) is 2.66. The monoisotopic (exact) mass is 427 g/mol. The van der Waals surface area contributed by atoms with Crippen LogP contribution in [0.15, 0.2) is 28.5 Å². The lowest BCUT2D eigenvalue weighted by Crippen LogP contribution is -2.40. The summed E-state index contributed by atoms with van der Waals surface area (Å²) in [6.07, 6.45) is 0. The SMILES string of the molecule is CC(C)c1nc(COc2ccc(S(=O)(=O)N3CCOCC3)cc2[N+](=O)[O-])cs1. The Bertz CT molecular complexity index is 952. The second-order valence-corrected chi connectivity index (χ2v) is 9.35. The van der Waals surface area contributed by atoms with Crippen LogP contribution in [0.5, 0.6) is 5.75 Å². The van der Waals surface area contributed by atoms with Gasteiger partial charge >= 0.3 is 5.69 Å². The highest BCUT2D eigenvalue weighted by Gasteiger charge is 2.29. The number of rotatable bonds is 7. The topological polar surface area (TPSA) is 112 Å². The minimum absolute atomic E-state index is 0.00465. The molecule has 0 aliphatic carbocycles. The zero-order valence-electron chi connectivity index (χ0n) is 15.5. The number of ether oxygens (including phenoxy) is 2. The van der Waals surface area contributed by atoms with Gasteiger partial charge in [0.2, 0.25) is 10.0 Å². The third-order valence-corrected chi connectivity index (χ3v) is 7.26. The van der Waals surface area contributed by atoms with Crippen molar-refractivity contribution in [3.63, 3.8) is 0 Å². The summed E-state index contributed by atoms with van der Waals surface area (Å²) in [5, 5.41) is 14.3. The number of thiazole rings is 1. The van der Waals surface area contributed by atoms with Gasteiger partial charge in [-0.15, -0.1) is 11.3 Å². The number of morpholine rings is 1. The minimum atomic E-state index is -3.83. The zero-order chi connectivity index (χ0) is 20.3. The number of nitro benzene ring substituents is 1. The lowest BCUT2D eigenvalue weighted by atomic mass is 10.2. The van der Waals surface area contributed by atoms with Crippen LogP contribution in [-0.2, 0) is 21.4 Å². The molecule has 0 radical (unpaired) electrons. The summed E-state index contributed by atoms with van der Waals surface area (Å²) in [5.41, 5.74) is 0.279. The van der Waals surface area contributed by atoms with Crippen LogP contribution in [0.2, 0.25) is 0 Å². The van der Waals surface area contributed by atoms with E-state index in [0.717, 1.165) is 11.1 Å². The van der Waals surface area contributed by atoms with Gasteiger partial charge in [-0.25, -0.2) is 13.4 Å². The fourth-order valence-corrected chi connectivity index (χ4v) is 4.91. The highest BCUT2D eigenvalue weighted by molar-refractivity contribution is 7.89. The van der Waals surface area contributed by atoms with E-state index in [0.29, 0.717) is 18.9 Å². The molecule has 9 nitrogen and oxygen atoms in total. The van der Waals surface area contributed by atoms with Crippen LogP contribution in [0.4, 0.5) is 5.69 Å². The van der Waals surface area contributed by atoms with E-state index in [1.807, 2.05) is 19.2 Å². The van der Waals surface area contributed by atoms with Gasteiger partial charge in [-0.3, -0.25) is 10.1 Å². The predicted molar refractivity (Wildman–Crippen MR) is 103 cm³/mol. The molecule has 0 unspecified atom stereocenters. The quantitative estimate of drug-likeness (QED) is 0.493. The number of benzene rings is 1. The maximum absolute atomic E-state index is 12.7. The van der Waals surface area contributed by atoms with E-state index in [-0.39, 0.29) is 36.3 Å². The normalized spacial score (nSPS) is 15.7. The molecule has 1 aromatic carbocycles. The van der Waals surface area contributed by atoms with E-state index in [2.05, 4.69) is 4.98 Å². The molecule has 2 heterocycles. The van der Waals surface area contributed by atoms with Crippen molar-refractivity contribution >= 4 is 27.0 Å². The second kappa shape index (κ2) is 8.52. The van der Waals surface area contributed by atoms with E-state index < -0.39 is 20.6 Å². The molecule has 1 aliphatic heterocycles. The van der Waals surface area contributed by atoms with Gasteiger partial charge in [-0.2, -0.15) is 4.31 Å². The number of hydrogen-bond acceptors (Lipinski definition) is 8. The number of hydrogen-bond donors (Lipinski definition) is 0. The molecule has 1 fully saturated rings. The molecule has 2 aromatic rings. The molecule has 0 N–H and O–H groups in total. The molecule has 0 amide bonds. The first kappa shape index (κ1) is 20.6. The maximum Gasteiger partial charge on any atom is 0.312 e. The fraction of sp³-hybridized carbons (Fsp3) is 0.471. The summed E-state index contributed by atoms with van der Waals surface area (Å²) in [4.78, 5) is 15.1. The van der Waals surface area contributed by atoms with Crippen LogP contribution < -0.4 is 4.74 Å². The van der Waals surface area contributed by atoms with E-state index in [1.165, 1.54) is 27.8 Å². The van der Waals surface area contributed by atoms with E-state index in [1.54, 1.807) is 0 Å². The molecule has 1 aromatic heterocycles. The largest absolute Gasteiger partial charge is 0.480 e. The van der Waals surface area contributed by atoms with Crippen LogP contribution >= 0.6 is 11.3 Å². The number of aromatic nitrogens is 1. The number of nitrogens with zero attached hydrogens (tertiary/aromatic N) is 3. The van der Waals surface area contributed by atoms with Gasteiger partial charge in [0.05, 0.1) is 33.7 Å². The van der Waals surface area contributed by atoms with E-state index >= 15 is 0 Å². The molecular formula is C17H21N3O6S2. The molecule has 0 bridgehead atoms. The van der Waals surface area contributed by atoms with Gasteiger partial charge in [0, 0.05) is 30.5 Å². The Morgan fingerprint density at radius 2 is 2.07 bits per heavy atom. The second-order valence-electron chi connectivity index (χ2n) is 6.52. The molecule has 152 valence electrons. The summed E-state index contributed by atoms with van der Waals surface area (Å²) in [5.74, 6) is 0.294. The number of nitro groups is 1. The lowest BCUT2D eigenvalue weighted by molar-refractivity contribution is -0.386. The maximum atomic E-state index is 12.7. The average Bonchev–Trinajstić information content (AvgIpc) is 3.16. The number of sulfonamides is 1. The zero-order valence-corrected chi connectivity index (χ0v) is 17.2. The first-order valence-electron chi connectivity index (χ1n) is 8.72. The Morgan fingerprint density at radius 1 is 1.36 bits per heavy atom. The molecule has 3 rings (SSSR count). The third-order valence-electron chi connectivity index (χ3n) is 4.17. The van der Waals surface area contributed by atoms with Crippen molar-refractivity contribution < 1.29 is 22.8 Å². The average molecular weight is 428 g/mol. The van der Waals surface area contributed by atoms with Crippen LogP contribution in [-0.4, -0.2) is 48.9 Å². The summed E-state index contributed by atoms with van der Waals surface area (Å²) in [6, 6.07) is 3.69. The summed E-state index contributed by atoms with van der Waals surface area (Å²) in [7, 11) is -3.83. The molecule has 0 saturated carbocycles. The van der Waals surface area contributed by atoms with Crippen LogP contribution in [0, 0.1) is 10.1 Å². The minimum Gasteiger partial charge on any atom is -0.480 e. The van der Waals surface area contributed by atoms with Gasteiger partial charge < -0.3 is 9.47 Å². The van der Waals surface area contributed by atoms with Crippen LogP contribution in [0.3, 0.4) is 0 Å². The van der Waals surface area contributed by atoms with Crippen molar-refractivity contribution in [1.82, 2.24) is 9.29 Å². The molecule has 0 atom stereocenters. The summed E-state index contributed by atoms with van der Waals surface area (Å²) < 4.78 is 37.4. The van der Waals surface area contributed by atoms with E-state index in [4.69, 9.17) is 9.47 Å². The van der Waals surface area contributed by atoms with Gasteiger partial charge in [0.1, 0.15) is 6.61 Å². The van der Waals surface area contributed by atoms with Crippen molar-refractivity contribution in [1.29, 1.82) is 0 Å². The van der Waals surface area contributed by atoms with Crippen LogP contribution in [0.25, 0.3) is 0 Å². The summed E-state index contributed by atoms with van der Waals surface area (Å²) >= 11 is 1.50. The first-order valence-corrected chi connectivity index (χ1v) is 11.0. The Hall–Kier alpha value is -2.08. The molecule has 0 spiro atoms. The first-order chi connectivity index (χ1) is 13.3. The van der Waals surface area contributed by atoms with Crippen molar-refractivity contribution in [2.24, 2.45) is 0 Å². The van der Waals surface area contributed by atoms with Crippen molar-refractivity contribution in [2.75, 3.05) is 26.3 Å². The standard InChI is InChI=1S/C17H21N3O6S2/c1-12(2)17-18-13(11-27-17)10-26-16-4-3-14(9-15(16)20(21)22)28(23,24)19-5-7-25-8-6-19/h3-4,9,11-12H,5-8,10H2,1-2H3.